The lowest BCUT2D eigenvalue weighted by molar-refractivity contribution is 0.0735. The van der Waals surface area contributed by atoms with Gasteiger partial charge in [-0.1, -0.05) is 29.5 Å². The van der Waals surface area contributed by atoms with Crippen molar-refractivity contribution in [2.24, 2.45) is 0 Å². The number of rotatable bonds is 3. The van der Waals surface area contributed by atoms with Gasteiger partial charge in [-0.2, -0.15) is 0 Å². The summed E-state index contributed by atoms with van der Waals surface area (Å²) < 4.78 is 0. The van der Waals surface area contributed by atoms with E-state index in [1.54, 1.807) is 0 Å². The number of aromatic nitrogens is 3. The van der Waals surface area contributed by atoms with E-state index in [1.807, 2.05) is 36.1 Å². The lowest BCUT2D eigenvalue weighted by Gasteiger charge is -2.26. The molecule has 0 fully saturated rings. The minimum Gasteiger partial charge on any atom is -0.333 e. The number of carbonyl (C=O) groups is 2. The van der Waals surface area contributed by atoms with Gasteiger partial charge in [-0.25, -0.2) is 9.97 Å². The molecule has 4 rings (SSSR count). The molecule has 0 spiro atoms. The monoisotopic (exact) mass is 379 g/mol. The first-order valence-electron chi connectivity index (χ1n) is 8.52. The number of aryl methyl sites for hydroxylation is 1. The zero-order valence-electron chi connectivity index (χ0n) is 14.7. The number of nitrogens with zero attached hydrogens (tertiary/aromatic N) is 4. The van der Waals surface area contributed by atoms with Gasteiger partial charge in [0.1, 0.15) is 5.69 Å². The molecule has 1 N–H and O–H groups in total. The topological polar surface area (TPSA) is 88.1 Å². The molecule has 1 aliphatic heterocycles. The third-order valence-corrected chi connectivity index (χ3v) is 5.41. The largest absolute Gasteiger partial charge is 0.333 e. The fourth-order valence-electron chi connectivity index (χ4n) is 2.98. The Morgan fingerprint density at radius 3 is 2.85 bits per heavy atom. The van der Waals surface area contributed by atoms with E-state index >= 15 is 0 Å². The molecule has 3 heterocycles. The summed E-state index contributed by atoms with van der Waals surface area (Å²) in [6, 6.07) is 7.60. The summed E-state index contributed by atoms with van der Waals surface area (Å²) in [5.41, 5.74) is 2.86. The molecule has 0 atom stereocenters. The Bertz CT molecular complexity index is 1000. The van der Waals surface area contributed by atoms with Crippen LogP contribution in [-0.4, -0.2) is 38.2 Å². The van der Waals surface area contributed by atoms with E-state index in [1.165, 1.54) is 29.9 Å². The number of thiazole rings is 1. The standard InChI is InChI=1S/C19H17N5O2S/c1-12-4-2-3-5-13(12)18(26)24-9-6-14-16(11-24)27-19(22-14)23-17(25)15-10-20-7-8-21-15/h2-5,7-8,10H,6,9,11H2,1H3,(H,22,23,25). The Hall–Kier alpha value is -3.13. The van der Waals surface area contributed by atoms with Crippen molar-refractivity contribution >= 4 is 28.3 Å². The molecular formula is C19H17N5O2S. The lowest BCUT2D eigenvalue weighted by Crippen LogP contribution is -2.35. The van der Waals surface area contributed by atoms with E-state index in [-0.39, 0.29) is 17.5 Å². The number of fused-ring (bicyclic) bond motifs is 1. The number of hydrogen-bond acceptors (Lipinski definition) is 6. The van der Waals surface area contributed by atoms with Crippen LogP contribution in [0.5, 0.6) is 0 Å². The summed E-state index contributed by atoms with van der Waals surface area (Å²) in [4.78, 5) is 40.2. The SMILES string of the molecule is Cc1ccccc1C(=O)N1CCc2nc(NC(=O)c3cnccn3)sc2C1. The molecule has 0 bridgehead atoms. The van der Waals surface area contributed by atoms with E-state index < -0.39 is 0 Å². The van der Waals surface area contributed by atoms with Crippen molar-refractivity contribution in [3.63, 3.8) is 0 Å². The maximum absolute atomic E-state index is 12.8. The molecule has 8 heteroatoms. The van der Waals surface area contributed by atoms with Gasteiger partial charge < -0.3 is 4.90 Å². The Balaban J connectivity index is 1.49. The van der Waals surface area contributed by atoms with Crippen LogP contribution in [0.1, 0.15) is 37.0 Å². The zero-order valence-corrected chi connectivity index (χ0v) is 15.5. The maximum atomic E-state index is 12.8. The Morgan fingerprint density at radius 1 is 1.22 bits per heavy atom. The molecule has 2 aromatic heterocycles. The van der Waals surface area contributed by atoms with E-state index in [2.05, 4.69) is 20.3 Å². The fourth-order valence-corrected chi connectivity index (χ4v) is 4.00. The van der Waals surface area contributed by atoms with Gasteiger partial charge in [0.25, 0.3) is 11.8 Å². The zero-order chi connectivity index (χ0) is 18.8. The van der Waals surface area contributed by atoms with Gasteiger partial charge in [0.05, 0.1) is 18.4 Å². The predicted octanol–water partition coefficient (Wildman–Crippen LogP) is 2.69. The van der Waals surface area contributed by atoms with Crippen LogP contribution < -0.4 is 5.32 Å². The average molecular weight is 379 g/mol. The lowest BCUT2D eigenvalue weighted by atomic mass is 10.1. The summed E-state index contributed by atoms with van der Waals surface area (Å²) in [7, 11) is 0. The molecule has 3 aromatic rings. The van der Waals surface area contributed by atoms with Crippen molar-refractivity contribution in [3.05, 3.63) is 70.2 Å². The molecule has 2 amide bonds. The quantitative estimate of drug-likeness (QED) is 0.756. The number of hydrogen-bond donors (Lipinski definition) is 1. The summed E-state index contributed by atoms with van der Waals surface area (Å²) in [5.74, 6) is -0.320. The summed E-state index contributed by atoms with van der Waals surface area (Å²) in [6.45, 7) is 3.05. The summed E-state index contributed by atoms with van der Waals surface area (Å²) >= 11 is 1.39. The summed E-state index contributed by atoms with van der Waals surface area (Å²) in [5, 5.41) is 3.28. The van der Waals surface area contributed by atoms with Crippen molar-refractivity contribution in [1.29, 1.82) is 0 Å². The predicted molar refractivity (Wildman–Crippen MR) is 102 cm³/mol. The Morgan fingerprint density at radius 2 is 2.07 bits per heavy atom. The maximum Gasteiger partial charge on any atom is 0.277 e. The molecule has 0 saturated carbocycles. The van der Waals surface area contributed by atoms with Gasteiger partial charge in [-0.15, -0.1) is 0 Å². The second kappa shape index (κ2) is 7.24. The molecule has 0 radical (unpaired) electrons. The molecule has 0 unspecified atom stereocenters. The highest BCUT2D eigenvalue weighted by Crippen LogP contribution is 2.29. The van der Waals surface area contributed by atoms with Crippen molar-refractivity contribution in [2.75, 3.05) is 11.9 Å². The highest BCUT2D eigenvalue weighted by molar-refractivity contribution is 7.15. The average Bonchev–Trinajstić information content (AvgIpc) is 3.10. The number of amides is 2. The van der Waals surface area contributed by atoms with Crippen LogP contribution in [0.4, 0.5) is 5.13 Å². The van der Waals surface area contributed by atoms with E-state index in [0.29, 0.717) is 24.6 Å². The molecular weight excluding hydrogens is 362 g/mol. The van der Waals surface area contributed by atoms with Gasteiger partial charge in [-0.3, -0.25) is 19.9 Å². The van der Waals surface area contributed by atoms with Gasteiger partial charge in [-0.05, 0) is 18.6 Å². The number of anilines is 1. The highest BCUT2D eigenvalue weighted by atomic mass is 32.1. The first-order valence-corrected chi connectivity index (χ1v) is 9.34. The van der Waals surface area contributed by atoms with E-state index in [0.717, 1.165) is 21.7 Å². The van der Waals surface area contributed by atoms with Crippen LogP contribution >= 0.6 is 11.3 Å². The van der Waals surface area contributed by atoms with Gasteiger partial charge in [0, 0.05) is 35.8 Å². The van der Waals surface area contributed by atoms with Crippen molar-refractivity contribution in [3.8, 4) is 0 Å². The molecule has 0 aliphatic carbocycles. The second-order valence-corrected chi connectivity index (χ2v) is 7.31. The normalized spacial score (nSPS) is 13.1. The molecule has 1 aliphatic rings. The van der Waals surface area contributed by atoms with Crippen LogP contribution in [-0.2, 0) is 13.0 Å². The van der Waals surface area contributed by atoms with Crippen molar-refractivity contribution in [1.82, 2.24) is 19.9 Å². The van der Waals surface area contributed by atoms with E-state index in [9.17, 15) is 9.59 Å². The number of carbonyl (C=O) groups excluding carboxylic acids is 2. The van der Waals surface area contributed by atoms with Crippen LogP contribution in [0, 0.1) is 6.92 Å². The highest BCUT2D eigenvalue weighted by Gasteiger charge is 2.26. The van der Waals surface area contributed by atoms with Crippen LogP contribution in [0.3, 0.4) is 0 Å². The second-order valence-electron chi connectivity index (χ2n) is 6.23. The van der Waals surface area contributed by atoms with Gasteiger partial charge >= 0.3 is 0 Å². The van der Waals surface area contributed by atoms with E-state index in [4.69, 9.17) is 0 Å². The number of benzene rings is 1. The third-order valence-electron chi connectivity index (χ3n) is 4.41. The minimum absolute atomic E-state index is 0.0253. The third kappa shape index (κ3) is 3.56. The van der Waals surface area contributed by atoms with Gasteiger partial charge in [0.15, 0.2) is 5.13 Å². The first kappa shape index (κ1) is 17.3. The fraction of sp³-hybridized carbons (Fsp3) is 0.211. The van der Waals surface area contributed by atoms with Crippen LogP contribution in [0.25, 0.3) is 0 Å². The Kier molecular flexibility index (Phi) is 4.64. The van der Waals surface area contributed by atoms with Crippen molar-refractivity contribution in [2.45, 2.75) is 19.9 Å². The number of nitrogens with one attached hydrogen (secondary N) is 1. The summed E-state index contributed by atoms with van der Waals surface area (Å²) in [6.07, 6.45) is 5.06. The molecule has 1 aromatic carbocycles. The Labute approximate surface area is 160 Å². The molecule has 27 heavy (non-hydrogen) atoms. The van der Waals surface area contributed by atoms with Crippen LogP contribution in [0.15, 0.2) is 42.9 Å². The van der Waals surface area contributed by atoms with Crippen molar-refractivity contribution < 1.29 is 9.59 Å². The molecule has 0 saturated heterocycles. The molecule has 136 valence electrons. The first-order chi connectivity index (χ1) is 13.1. The molecule has 7 nitrogen and oxygen atoms in total. The van der Waals surface area contributed by atoms with Gasteiger partial charge in [0.2, 0.25) is 0 Å². The van der Waals surface area contributed by atoms with Crippen LogP contribution in [0.2, 0.25) is 0 Å². The smallest absolute Gasteiger partial charge is 0.277 e. The minimum atomic E-state index is -0.345.